The number of nitrogens with zero attached hydrogens (tertiary/aromatic N) is 2. The molecule has 0 unspecified atom stereocenters. The van der Waals surface area contributed by atoms with E-state index in [0.29, 0.717) is 38.8 Å². The lowest BCUT2D eigenvalue weighted by Gasteiger charge is -2.41. The molecule has 2 aliphatic rings. The van der Waals surface area contributed by atoms with Gasteiger partial charge in [-0.05, 0) is 33.1 Å². The Hall–Kier alpha value is -2.38. The van der Waals surface area contributed by atoms with Gasteiger partial charge in [-0.1, -0.05) is 5.16 Å². The molecule has 0 radical (unpaired) electrons. The standard InChI is InChI=1S/C17H23N3O5/c1-10-12(11(2)25-19-10)3-4-15(22)20-7-5-17(6-8-20)13(16(23)24)9-14(21)18-17/h13H,3-9H2,1-2H3,(H,18,21)(H,23,24)/t13-/m1/s1. The van der Waals surface area contributed by atoms with Crippen molar-refractivity contribution in [3.8, 4) is 0 Å². The highest BCUT2D eigenvalue weighted by Crippen LogP contribution is 2.37. The minimum Gasteiger partial charge on any atom is -0.481 e. The molecule has 2 fully saturated rings. The molecule has 2 amide bonds. The van der Waals surface area contributed by atoms with Crippen LogP contribution in [0.1, 0.15) is 42.7 Å². The highest BCUT2D eigenvalue weighted by Gasteiger charge is 2.51. The lowest BCUT2D eigenvalue weighted by Crippen LogP contribution is -2.56. The Morgan fingerprint density at radius 2 is 2.04 bits per heavy atom. The van der Waals surface area contributed by atoms with Crippen LogP contribution in [0, 0.1) is 19.8 Å². The summed E-state index contributed by atoms with van der Waals surface area (Å²) in [4.78, 5) is 37.3. The molecule has 2 aliphatic heterocycles. The number of carbonyl (C=O) groups excluding carboxylic acids is 2. The summed E-state index contributed by atoms with van der Waals surface area (Å²) < 4.78 is 5.11. The molecular weight excluding hydrogens is 326 g/mol. The molecular formula is C17H23N3O5. The Labute approximate surface area is 145 Å². The first-order valence-corrected chi connectivity index (χ1v) is 8.56. The fourth-order valence-corrected chi connectivity index (χ4v) is 4.00. The van der Waals surface area contributed by atoms with E-state index in [2.05, 4.69) is 10.5 Å². The van der Waals surface area contributed by atoms with Gasteiger partial charge in [0.15, 0.2) is 0 Å². The minimum atomic E-state index is -0.948. The van der Waals surface area contributed by atoms with E-state index in [1.165, 1.54) is 0 Å². The van der Waals surface area contributed by atoms with E-state index in [1.54, 1.807) is 4.90 Å². The van der Waals surface area contributed by atoms with Crippen LogP contribution < -0.4 is 5.32 Å². The van der Waals surface area contributed by atoms with Crippen LogP contribution >= 0.6 is 0 Å². The molecule has 1 aromatic rings. The van der Waals surface area contributed by atoms with Gasteiger partial charge in [0.2, 0.25) is 11.8 Å². The number of nitrogens with one attached hydrogen (secondary N) is 1. The van der Waals surface area contributed by atoms with Crippen molar-refractivity contribution in [1.29, 1.82) is 0 Å². The zero-order chi connectivity index (χ0) is 18.2. The van der Waals surface area contributed by atoms with Crippen LogP contribution in [-0.4, -0.2) is 51.6 Å². The molecule has 1 atom stereocenters. The van der Waals surface area contributed by atoms with E-state index in [-0.39, 0.29) is 18.2 Å². The zero-order valence-electron chi connectivity index (χ0n) is 14.5. The Kier molecular flexibility index (Phi) is 4.53. The summed E-state index contributed by atoms with van der Waals surface area (Å²) in [6, 6.07) is 0. The van der Waals surface area contributed by atoms with E-state index in [4.69, 9.17) is 4.52 Å². The van der Waals surface area contributed by atoms with Gasteiger partial charge in [0.05, 0.1) is 17.2 Å². The number of aryl methyl sites for hydroxylation is 2. The van der Waals surface area contributed by atoms with Crippen molar-refractivity contribution < 1.29 is 24.0 Å². The average molecular weight is 349 g/mol. The average Bonchev–Trinajstić information content (AvgIpc) is 3.06. The topological polar surface area (TPSA) is 113 Å². The Balaban J connectivity index is 1.58. The van der Waals surface area contributed by atoms with Gasteiger partial charge in [-0.25, -0.2) is 0 Å². The quantitative estimate of drug-likeness (QED) is 0.831. The summed E-state index contributed by atoms with van der Waals surface area (Å²) in [5.74, 6) is -1.10. The third-order valence-electron chi connectivity index (χ3n) is 5.52. The number of aliphatic carboxylic acids is 1. The van der Waals surface area contributed by atoms with Crippen LogP contribution in [-0.2, 0) is 20.8 Å². The second-order valence-corrected chi connectivity index (χ2v) is 6.98. The highest BCUT2D eigenvalue weighted by molar-refractivity contribution is 5.88. The van der Waals surface area contributed by atoms with E-state index in [9.17, 15) is 19.5 Å². The van der Waals surface area contributed by atoms with Gasteiger partial charge in [-0.2, -0.15) is 0 Å². The predicted molar refractivity (Wildman–Crippen MR) is 86.7 cm³/mol. The molecule has 1 aromatic heterocycles. The largest absolute Gasteiger partial charge is 0.481 e. The Morgan fingerprint density at radius 1 is 1.36 bits per heavy atom. The van der Waals surface area contributed by atoms with Crippen molar-refractivity contribution >= 4 is 17.8 Å². The second kappa shape index (κ2) is 6.50. The Bertz CT molecular complexity index is 684. The maximum atomic E-state index is 12.5. The molecule has 2 saturated heterocycles. The van der Waals surface area contributed by atoms with Crippen LogP contribution in [0.25, 0.3) is 0 Å². The lowest BCUT2D eigenvalue weighted by atomic mass is 9.77. The minimum absolute atomic E-state index is 0.0231. The summed E-state index contributed by atoms with van der Waals surface area (Å²) in [6.07, 6.45) is 1.93. The number of carbonyl (C=O) groups is 3. The van der Waals surface area contributed by atoms with Gasteiger partial charge in [-0.15, -0.1) is 0 Å². The molecule has 0 bridgehead atoms. The smallest absolute Gasteiger partial charge is 0.309 e. The molecule has 1 spiro atoms. The number of piperidine rings is 1. The van der Waals surface area contributed by atoms with Gasteiger partial charge in [-0.3, -0.25) is 14.4 Å². The summed E-state index contributed by atoms with van der Waals surface area (Å²) in [5, 5.41) is 16.1. The normalized spacial score (nSPS) is 22.2. The van der Waals surface area contributed by atoms with Crippen LogP contribution in [0.4, 0.5) is 0 Å². The van der Waals surface area contributed by atoms with E-state index in [1.807, 2.05) is 13.8 Å². The molecule has 0 aliphatic carbocycles. The van der Waals surface area contributed by atoms with Crippen molar-refractivity contribution in [3.63, 3.8) is 0 Å². The first-order chi connectivity index (χ1) is 11.8. The summed E-state index contributed by atoms with van der Waals surface area (Å²) in [5.41, 5.74) is 1.07. The Morgan fingerprint density at radius 3 is 2.60 bits per heavy atom. The molecule has 0 saturated carbocycles. The van der Waals surface area contributed by atoms with E-state index >= 15 is 0 Å². The fourth-order valence-electron chi connectivity index (χ4n) is 4.00. The molecule has 3 heterocycles. The first kappa shape index (κ1) is 17.4. The van der Waals surface area contributed by atoms with E-state index < -0.39 is 17.4 Å². The maximum absolute atomic E-state index is 12.5. The predicted octanol–water partition coefficient (Wildman–Crippen LogP) is 0.806. The number of hydrogen-bond acceptors (Lipinski definition) is 5. The number of aromatic nitrogens is 1. The fraction of sp³-hybridized carbons (Fsp3) is 0.647. The zero-order valence-corrected chi connectivity index (χ0v) is 14.5. The third-order valence-corrected chi connectivity index (χ3v) is 5.52. The molecule has 0 aromatic carbocycles. The maximum Gasteiger partial charge on any atom is 0.309 e. The third kappa shape index (κ3) is 3.25. The molecule has 3 rings (SSSR count). The number of likely N-dealkylation sites (tertiary alicyclic amines) is 1. The number of amides is 2. The molecule has 136 valence electrons. The van der Waals surface area contributed by atoms with Crippen molar-refractivity contribution in [2.24, 2.45) is 5.92 Å². The van der Waals surface area contributed by atoms with Crippen molar-refractivity contribution in [3.05, 3.63) is 17.0 Å². The molecule has 8 nitrogen and oxygen atoms in total. The molecule has 25 heavy (non-hydrogen) atoms. The molecule has 8 heteroatoms. The van der Waals surface area contributed by atoms with Crippen molar-refractivity contribution in [2.45, 2.75) is 51.5 Å². The summed E-state index contributed by atoms with van der Waals surface area (Å²) in [7, 11) is 0. The number of rotatable bonds is 4. The van der Waals surface area contributed by atoms with Crippen LogP contribution in [0.5, 0.6) is 0 Å². The van der Waals surface area contributed by atoms with Gasteiger partial charge >= 0.3 is 5.97 Å². The van der Waals surface area contributed by atoms with Crippen molar-refractivity contribution in [2.75, 3.05) is 13.1 Å². The number of carboxylic acid groups (broad SMARTS) is 1. The second-order valence-electron chi connectivity index (χ2n) is 6.98. The molecule has 2 N–H and O–H groups in total. The number of hydrogen-bond donors (Lipinski definition) is 2. The SMILES string of the molecule is Cc1noc(C)c1CCC(=O)N1CCC2(CC1)NC(=O)C[C@@H]2C(=O)O. The lowest BCUT2D eigenvalue weighted by molar-refractivity contribution is -0.145. The van der Waals surface area contributed by atoms with Crippen molar-refractivity contribution in [1.82, 2.24) is 15.4 Å². The highest BCUT2D eigenvalue weighted by atomic mass is 16.5. The van der Waals surface area contributed by atoms with Crippen LogP contribution in [0.15, 0.2) is 4.52 Å². The van der Waals surface area contributed by atoms with Gasteiger partial charge in [0, 0.05) is 31.5 Å². The first-order valence-electron chi connectivity index (χ1n) is 8.56. The van der Waals surface area contributed by atoms with Gasteiger partial charge < -0.3 is 19.8 Å². The number of carboxylic acids is 1. The van der Waals surface area contributed by atoms with Gasteiger partial charge in [0.1, 0.15) is 5.76 Å². The monoisotopic (exact) mass is 349 g/mol. The van der Waals surface area contributed by atoms with E-state index in [0.717, 1.165) is 17.0 Å². The van der Waals surface area contributed by atoms with Gasteiger partial charge in [0.25, 0.3) is 0 Å². The summed E-state index contributed by atoms with van der Waals surface area (Å²) in [6.45, 7) is 4.62. The summed E-state index contributed by atoms with van der Waals surface area (Å²) >= 11 is 0. The van der Waals surface area contributed by atoms with Crippen LogP contribution in [0.2, 0.25) is 0 Å². The van der Waals surface area contributed by atoms with Crippen LogP contribution in [0.3, 0.4) is 0 Å².